The van der Waals surface area contributed by atoms with E-state index in [-0.39, 0.29) is 0 Å². The highest BCUT2D eigenvalue weighted by Gasteiger charge is 2.19. The molecular formula is C14H14FN. The first-order valence-corrected chi connectivity index (χ1v) is 5.28. The first kappa shape index (κ1) is 10.8. The van der Waals surface area contributed by atoms with Gasteiger partial charge in [0.15, 0.2) is 0 Å². The van der Waals surface area contributed by atoms with E-state index < -0.39 is 12.2 Å². The topological polar surface area (TPSA) is 26.0 Å². The van der Waals surface area contributed by atoms with Crippen LogP contribution in [0, 0.1) is 0 Å². The molecule has 0 saturated carbocycles. The summed E-state index contributed by atoms with van der Waals surface area (Å²) in [7, 11) is 0. The van der Waals surface area contributed by atoms with Gasteiger partial charge >= 0.3 is 0 Å². The van der Waals surface area contributed by atoms with Crippen molar-refractivity contribution in [3.8, 4) is 0 Å². The molecule has 82 valence electrons. The van der Waals surface area contributed by atoms with E-state index in [0.717, 1.165) is 5.56 Å². The first-order chi connectivity index (χ1) is 7.79. The molecule has 1 nitrogen and oxygen atoms in total. The predicted octanol–water partition coefficient (Wildman–Crippen LogP) is 3.40. The van der Waals surface area contributed by atoms with Gasteiger partial charge in [-0.05, 0) is 11.1 Å². The van der Waals surface area contributed by atoms with Gasteiger partial charge in [-0.3, -0.25) is 0 Å². The lowest BCUT2D eigenvalue weighted by Crippen LogP contribution is -2.16. The lowest BCUT2D eigenvalue weighted by atomic mass is 9.98. The molecular weight excluding hydrogens is 201 g/mol. The Morgan fingerprint density at radius 1 is 0.750 bits per heavy atom. The zero-order valence-corrected chi connectivity index (χ0v) is 8.88. The zero-order valence-electron chi connectivity index (χ0n) is 8.88. The largest absolute Gasteiger partial charge is 0.321 e. The summed E-state index contributed by atoms with van der Waals surface area (Å²) in [4.78, 5) is 0. The Hall–Kier alpha value is -1.67. The van der Waals surface area contributed by atoms with Crippen LogP contribution in [-0.2, 0) is 0 Å². The van der Waals surface area contributed by atoms with Crippen LogP contribution in [0.15, 0.2) is 60.7 Å². The highest BCUT2D eigenvalue weighted by molar-refractivity contribution is 5.25. The molecule has 0 heterocycles. The van der Waals surface area contributed by atoms with Crippen molar-refractivity contribution < 1.29 is 4.39 Å². The van der Waals surface area contributed by atoms with Gasteiger partial charge in [-0.1, -0.05) is 60.7 Å². The molecule has 0 radical (unpaired) electrons. The SMILES string of the molecule is N[C@@H](c1ccccc1)[C@H](F)c1ccccc1. The van der Waals surface area contributed by atoms with Gasteiger partial charge in [0, 0.05) is 0 Å². The van der Waals surface area contributed by atoms with E-state index in [1.807, 2.05) is 48.5 Å². The second kappa shape index (κ2) is 4.90. The summed E-state index contributed by atoms with van der Waals surface area (Å²) in [5.74, 6) is 0. The Morgan fingerprint density at radius 2 is 1.19 bits per heavy atom. The van der Waals surface area contributed by atoms with Crippen LogP contribution in [0.25, 0.3) is 0 Å². The van der Waals surface area contributed by atoms with Gasteiger partial charge in [0.1, 0.15) is 6.17 Å². The Labute approximate surface area is 94.7 Å². The lowest BCUT2D eigenvalue weighted by molar-refractivity contribution is 0.291. The molecule has 0 aromatic heterocycles. The van der Waals surface area contributed by atoms with Gasteiger partial charge in [0.05, 0.1) is 6.04 Å². The van der Waals surface area contributed by atoms with Gasteiger partial charge in [-0.2, -0.15) is 0 Å². The van der Waals surface area contributed by atoms with E-state index >= 15 is 0 Å². The fraction of sp³-hybridized carbons (Fsp3) is 0.143. The number of benzene rings is 2. The summed E-state index contributed by atoms with van der Waals surface area (Å²) in [5, 5.41) is 0. The fourth-order valence-electron chi connectivity index (χ4n) is 1.69. The maximum Gasteiger partial charge on any atom is 0.144 e. The summed E-state index contributed by atoms with van der Waals surface area (Å²) in [6.45, 7) is 0. The summed E-state index contributed by atoms with van der Waals surface area (Å²) in [5.41, 5.74) is 7.34. The van der Waals surface area contributed by atoms with Crippen LogP contribution < -0.4 is 5.73 Å². The fourth-order valence-corrected chi connectivity index (χ4v) is 1.69. The molecule has 2 N–H and O–H groups in total. The zero-order chi connectivity index (χ0) is 11.4. The third-order valence-electron chi connectivity index (χ3n) is 2.62. The summed E-state index contributed by atoms with van der Waals surface area (Å²) < 4.78 is 14.1. The number of halogens is 1. The third kappa shape index (κ3) is 2.28. The van der Waals surface area contributed by atoms with Gasteiger partial charge in [0.2, 0.25) is 0 Å². The van der Waals surface area contributed by atoms with Crippen LogP contribution in [-0.4, -0.2) is 0 Å². The van der Waals surface area contributed by atoms with Crippen molar-refractivity contribution >= 4 is 0 Å². The van der Waals surface area contributed by atoms with Crippen molar-refractivity contribution in [1.29, 1.82) is 0 Å². The summed E-state index contributed by atoms with van der Waals surface area (Å²) in [6.07, 6.45) is -1.16. The average molecular weight is 215 g/mol. The lowest BCUT2D eigenvalue weighted by Gasteiger charge is -2.17. The minimum atomic E-state index is -1.16. The minimum absolute atomic E-state index is 0.608. The highest BCUT2D eigenvalue weighted by Crippen LogP contribution is 2.29. The predicted molar refractivity (Wildman–Crippen MR) is 63.7 cm³/mol. The summed E-state index contributed by atoms with van der Waals surface area (Å²) in [6, 6.07) is 17.7. The molecule has 2 heteroatoms. The molecule has 2 aromatic carbocycles. The smallest absolute Gasteiger partial charge is 0.144 e. The quantitative estimate of drug-likeness (QED) is 0.834. The van der Waals surface area contributed by atoms with Gasteiger partial charge < -0.3 is 5.73 Å². The molecule has 0 amide bonds. The molecule has 2 rings (SSSR count). The minimum Gasteiger partial charge on any atom is -0.321 e. The number of nitrogens with two attached hydrogens (primary N) is 1. The Bertz CT molecular complexity index is 384. The van der Waals surface area contributed by atoms with E-state index in [1.54, 1.807) is 12.1 Å². The molecule has 16 heavy (non-hydrogen) atoms. The molecule has 0 aliphatic heterocycles. The normalized spacial score (nSPS) is 14.4. The van der Waals surface area contributed by atoms with Gasteiger partial charge in [-0.25, -0.2) is 4.39 Å². The van der Waals surface area contributed by atoms with Crippen molar-refractivity contribution in [2.45, 2.75) is 12.2 Å². The van der Waals surface area contributed by atoms with E-state index in [1.165, 1.54) is 0 Å². The molecule has 0 aliphatic rings. The molecule has 0 spiro atoms. The third-order valence-corrected chi connectivity index (χ3v) is 2.62. The summed E-state index contributed by atoms with van der Waals surface area (Å²) >= 11 is 0. The Kier molecular flexibility index (Phi) is 3.32. The Morgan fingerprint density at radius 3 is 1.69 bits per heavy atom. The van der Waals surface area contributed by atoms with Crippen molar-refractivity contribution in [2.24, 2.45) is 5.73 Å². The van der Waals surface area contributed by atoms with Crippen molar-refractivity contribution in [2.75, 3.05) is 0 Å². The second-order valence-electron chi connectivity index (χ2n) is 3.75. The van der Waals surface area contributed by atoms with Crippen LogP contribution in [0.5, 0.6) is 0 Å². The number of hydrogen-bond donors (Lipinski definition) is 1. The van der Waals surface area contributed by atoms with Crippen molar-refractivity contribution in [1.82, 2.24) is 0 Å². The molecule has 0 aliphatic carbocycles. The van der Waals surface area contributed by atoms with E-state index in [9.17, 15) is 4.39 Å². The van der Waals surface area contributed by atoms with E-state index in [2.05, 4.69) is 0 Å². The molecule has 0 saturated heterocycles. The van der Waals surface area contributed by atoms with Gasteiger partial charge in [0.25, 0.3) is 0 Å². The standard InChI is InChI=1S/C14H14FN/c15-13(11-7-3-1-4-8-11)14(16)12-9-5-2-6-10-12/h1-10,13-14H,16H2/t13-,14+/m1/s1. The van der Waals surface area contributed by atoms with Gasteiger partial charge in [-0.15, -0.1) is 0 Å². The second-order valence-corrected chi connectivity index (χ2v) is 3.75. The van der Waals surface area contributed by atoms with Crippen LogP contribution in [0.4, 0.5) is 4.39 Å². The molecule has 2 atom stereocenters. The molecule has 0 fully saturated rings. The van der Waals surface area contributed by atoms with Crippen LogP contribution in [0.1, 0.15) is 23.3 Å². The van der Waals surface area contributed by atoms with Crippen LogP contribution in [0.2, 0.25) is 0 Å². The van der Waals surface area contributed by atoms with Crippen molar-refractivity contribution in [3.63, 3.8) is 0 Å². The van der Waals surface area contributed by atoms with Crippen molar-refractivity contribution in [3.05, 3.63) is 71.8 Å². The number of rotatable bonds is 3. The monoisotopic (exact) mass is 215 g/mol. The maximum absolute atomic E-state index is 14.1. The molecule has 0 bridgehead atoms. The van der Waals surface area contributed by atoms with Crippen LogP contribution >= 0.6 is 0 Å². The number of alkyl halides is 1. The molecule has 0 unspecified atom stereocenters. The van der Waals surface area contributed by atoms with Crippen LogP contribution in [0.3, 0.4) is 0 Å². The highest BCUT2D eigenvalue weighted by atomic mass is 19.1. The first-order valence-electron chi connectivity index (χ1n) is 5.28. The Balaban J connectivity index is 2.20. The van der Waals surface area contributed by atoms with E-state index in [4.69, 9.17) is 5.73 Å². The molecule has 2 aromatic rings. The van der Waals surface area contributed by atoms with E-state index in [0.29, 0.717) is 5.56 Å². The maximum atomic E-state index is 14.1. The number of hydrogen-bond acceptors (Lipinski definition) is 1. The average Bonchev–Trinajstić information content (AvgIpc) is 2.39.